The SMILES string of the molecule is CC1(c2ccccc2)CC(NC(=O)C2CO2)C1. The van der Waals surface area contributed by atoms with E-state index in [-0.39, 0.29) is 17.4 Å². The summed E-state index contributed by atoms with van der Waals surface area (Å²) < 4.78 is 4.96. The lowest BCUT2D eigenvalue weighted by Gasteiger charge is -2.46. The average Bonchev–Trinajstić information content (AvgIpc) is 3.11. The van der Waals surface area contributed by atoms with Crippen molar-refractivity contribution in [1.82, 2.24) is 5.32 Å². The Labute approximate surface area is 101 Å². The third kappa shape index (κ3) is 2.07. The van der Waals surface area contributed by atoms with Crippen molar-refractivity contribution in [3.05, 3.63) is 35.9 Å². The Kier molecular flexibility index (Phi) is 2.44. The summed E-state index contributed by atoms with van der Waals surface area (Å²) in [4.78, 5) is 11.5. The van der Waals surface area contributed by atoms with Gasteiger partial charge in [0.15, 0.2) is 6.10 Å². The van der Waals surface area contributed by atoms with Gasteiger partial charge in [0.25, 0.3) is 5.91 Å². The molecule has 1 amide bonds. The van der Waals surface area contributed by atoms with Gasteiger partial charge in [-0.25, -0.2) is 0 Å². The van der Waals surface area contributed by atoms with Gasteiger partial charge in [0.2, 0.25) is 0 Å². The fourth-order valence-corrected chi connectivity index (χ4v) is 2.70. The molecule has 1 heterocycles. The zero-order valence-corrected chi connectivity index (χ0v) is 9.98. The van der Waals surface area contributed by atoms with Crippen LogP contribution in [0, 0.1) is 0 Å². The van der Waals surface area contributed by atoms with Crippen LogP contribution in [0.25, 0.3) is 0 Å². The number of carbonyl (C=O) groups excluding carboxylic acids is 1. The van der Waals surface area contributed by atoms with Crippen LogP contribution in [0.15, 0.2) is 30.3 Å². The van der Waals surface area contributed by atoms with E-state index in [1.54, 1.807) is 0 Å². The first-order chi connectivity index (χ1) is 8.17. The molecule has 3 rings (SSSR count). The van der Waals surface area contributed by atoms with E-state index in [2.05, 4.69) is 36.5 Å². The monoisotopic (exact) mass is 231 g/mol. The molecule has 0 spiro atoms. The van der Waals surface area contributed by atoms with Gasteiger partial charge in [-0.05, 0) is 23.8 Å². The van der Waals surface area contributed by atoms with Crippen LogP contribution in [-0.4, -0.2) is 24.7 Å². The summed E-state index contributed by atoms with van der Waals surface area (Å²) in [5, 5.41) is 3.04. The van der Waals surface area contributed by atoms with Crippen LogP contribution in [0.2, 0.25) is 0 Å². The molecule has 2 fully saturated rings. The number of amides is 1. The number of hydrogen-bond acceptors (Lipinski definition) is 2. The van der Waals surface area contributed by atoms with Crippen LogP contribution in [0.5, 0.6) is 0 Å². The lowest BCUT2D eigenvalue weighted by Crippen LogP contribution is -2.52. The van der Waals surface area contributed by atoms with Crippen molar-refractivity contribution in [3.63, 3.8) is 0 Å². The van der Waals surface area contributed by atoms with E-state index in [0.717, 1.165) is 12.8 Å². The van der Waals surface area contributed by atoms with E-state index in [1.807, 2.05) is 6.07 Å². The second-order valence-electron chi connectivity index (χ2n) is 5.36. The molecular weight excluding hydrogens is 214 g/mol. The van der Waals surface area contributed by atoms with Gasteiger partial charge in [-0.2, -0.15) is 0 Å². The summed E-state index contributed by atoms with van der Waals surface area (Å²) in [6, 6.07) is 10.8. The first kappa shape index (κ1) is 10.8. The van der Waals surface area contributed by atoms with Crippen LogP contribution < -0.4 is 5.32 Å². The molecule has 0 aromatic heterocycles. The predicted molar refractivity (Wildman–Crippen MR) is 64.7 cm³/mol. The highest BCUT2D eigenvalue weighted by Gasteiger charge is 2.43. The van der Waals surface area contributed by atoms with E-state index in [9.17, 15) is 4.79 Å². The van der Waals surface area contributed by atoms with Crippen LogP contribution in [0.4, 0.5) is 0 Å². The maximum atomic E-state index is 11.5. The predicted octanol–water partition coefficient (Wildman–Crippen LogP) is 1.62. The molecule has 1 atom stereocenters. The number of benzene rings is 1. The minimum absolute atomic E-state index is 0.0603. The second kappa shape index (κ2) is 3.84. The van der Waals surface area contributed by atoms with Gasteiger partial charge >= 0.3 is 0 Å². The maximum absolute atomic E-state index is 11.5. The summed E-state index contributed by atoms with van der Waals surface area (Å²) in [5.41, 5.74) is 1.59. The molecule has 1 aromatic carbocycles. The molecule has 17 heavy (non-hydrogen) atoms. The third-order valence-electron chi connectivity index (χ3n) is 3.84. The third-order valence-corrected chi connectivity index (χ3v) is 3.84. The summed E-state index contributed by atoms with van der Waals surface area (Å²) in [6.07, 6.45) is 1.88. The molecular formula is C14H17NO2. The minimum atomic E-state index is -0.168. The maximum Gasteiger partial charge on any atom is 0.251 e. The van der Waals surface area contributed by atoms with Crippen molar-refractivity contribution in [2.24, 2.45) is 0 Å². The summed E-state index contributed by atoms with van der Waals surface area (Å²) in [6.45, 7) is 2.85. The fourth-order valence-electron chi connectivity index (χ4n) is 2.70. The standard InChI is InChI=1S/C14H17NO2/c1-14(10-5-3-2-4-6-10)7-11(8-14)15-13(16)12-9-17-12/h2-6,11-12H,7-9H2,1H3,(H,15,16). The smallest absolute Gasteiger partial charge is 0.251 e. The summed E-state index contributed by atoms with van der Waals surface area (Å²) >= 11 is 0. The number of epoxide rings is 1. The topological polar surface area (TPSA) is 41.6 Å². The molecule has 0 bridgehead atoms. The Hall–Kier alpha value is -1.35. The van der Waals surface area contributed by atoms with Crippen molar-refractivity contribution in [3.8, 4) is 0 Å². The lowest BCUT2D eigenvalue weighted by molar-refractivity contribution is -0.124. The van der Waals surface area contributed by atoms with Crippen molar-refractivity contribution in [2.75, 3.05) is 6.61 Å². The molecule has 2 aliphatic rings. The molecule has 1 saturated heterocycles. The van der Waals surface area contributed by atoms with Gasteiger partial charge in [-0.3, -0.25) is 4.79 Å². The zero-order valence-electron chi connectivity index (χ0n) is 9.98. The number of carbonyl (C=O) groups is 1. The molecule has 1 aromatic rings. The van der Waals surface area contributed by atoms with Gasteiger partial charge in [-0.1, -0.05) is 37.3 Å². The molecule has 90 valence electrons. The second-order valence-corrected chi connectivity index (χ2v) is 5.36. The summed E-state index contributed by atoms with van der Waals surface area (Å²) in [7, 11) is 0. The van der Waals surface area contributed by atoms with Gasteiger partial charge in [0.1, 0.15) is 0 Å². The molecule has 1 N–H and O–H groups in total. The highest BCUT2D eigenvalue weighted by molar-refractivity contribution is 5.83. The van der Waals surface area contributed by atoms with E-state index >= 15 is 0 Å². The molecule has 1 unspecified atom stereocenters. The number of nitrogens with one attached hydrogen (secondary N) is 1. The van der Waals surface area contributed by atoms with E-state index in [4.69, 9.17) is 4.74 Å². The molecule has 1 aliphatic carbocycles. The molecule has 1 saturated carbocycles. The van der Waals surface area contributed by atoms with Crippen LogP contribution in [0.3, 0.4) is 0 Å². The average molecular weight is 231 g/mol. The molecule has 3 nitrogen and oxygen atoms in total. The fraction of sp³-hybridized carbons (Fsp3) is 0.500. The van der Waals surface area contributed by atoms with Gasteiger partial charge < -0.3 is 10.1 Å². The van der Waals surface area contributed by atoms with Gasteiger partial charge in [0, 0.05) is 6.04 Å². The first-order valence-electron chi connectivity index (χ1n) is 6.15. The summed E-state index contributed by atoms with van der Waals surface area (Å²) in [5.74, 6) is 0.0603. The Morgan fingerprint density at radius 1 is 1.35 bits per heavy atom. The van der Waals surface area contributed by atoms with Gasteiger partial charge in [-0.15, -0.1) is 0 Å². The number of hydrogen-bond donors (Lipinski definition) is 1. The number of ether oxygens (including phenoxy) is 1. The minimum Gasteiger partial charge on any atom is -0.363 e. The Balaban J connectivity index is 1.58. The van der Waals surface area contributed by atoms with Crippen molar-refractivity contribution in [2.45, 2.75) is 37.3 Å². The first-order valence-corrected chi connectivity index (χ1v) is 6.15. The highest BCUT2D eigenvalue weighted by Crippen LogP contribution is 2.43. The van der Waals surface area contributed by atoms with Crippen molar-refractivity contribution in [1.29, 1.82) is 0 Å². The van der Waals surface area contributed by atoms with E-state index in [0.29, 0.717) is 12.6 Å². The molecule has 0 radical (unpaired) electrons. The van der Waals surface area contributed by atoms with Gasteiger partial charge in [0.05, 0.1) is 6.61 Å². The Bertz CT molecular complexity index is 419. The van der Waals surface area contributed by atoms with Crippen LogP contribution in [0.1, 0.15) is 25.3 Å². The van der Waals surface area contributed by atoms with Crippen molar-refractivity contribution < 1.29 is 9.53 Å². The van der Waals surface area contributed by atoms with Crippen LogP contribution >= 0.6 is 0 Å². The van der Waals surface area contributed by atoms with Crippen molar-refractivity contribution >= 4 is 5.91 Å². The largest absolute Gasteiger partial charge is 0.363 e. The normalized spacial score (nSPS) is 34.9. The molecule has 1 aliphatic heterocycles. The quantitative estimate of drug-likeness (QED) is 0.803. The molecule has 3 heteroatoms. The number of rotatable bonds is 3. The highest BCUT2D eigenvalue weighted by atomic mass is 16.6. The Morgan fingerprint density at radius 3 is 2.59 bits per heavy atom. The van der Waals surface area contributed by atoms with Crippen LogP contribution in [-0.2, 0) is 14.9 Å². The Morgan fingerprint density at radius 2 is 2.00 bits per heavy atom. The van der Waals surface area contributed by atoms with E-state index < -0.39 is 0 Å². The zero-order chi connectivity index (χ0) is 11.9. The van der Waals surface area contributed by atoms with E-state index in [1.165, 1.54) is 5.56 Å². The lowest BCUT2D eigenvalue weighted by atomic mass is 9.63.